The van der Waals surface area contributed by atoms with Crippen molar-refractivity contribution in [2.45, 2.75) is 60.1 Å². The van der Waals surface area contributed by atoms with Crippen molar-refractivity contribution >= 4 is 35.6 Å². The summed E-state index contributed by atoms with van der Waals surface area (Å²) in [6.45, 7) is 19.1. The van der Waals surface area contributed by atoms with Crippen LogP contribution in [0.4, 0.5) is 0 Å². The zero-order chi connectivity index (χ0) is 17.2. The predicted octanol–water partition coefficient (Wildman–Crippen LogP) is 6.23. The third-order valence-electron chi connectivity index (χ3n) is 3.20. The van der Waals surface area contributed by atoms with E-state index in [1.165, 1.54) is 7.11 Å². The molecule has 0 spiro atoms. The van der Waals surface area contributed by atoms with Crippen LogP contribution in [0.5, 0.6) is 0 Å². The molecule has 0 N–H and O–H groups in total. The number of hydrogen-bond acceptors (Lipinski definition) is 2. The topological polar surface area (TPSA) is 29.5 Å². The fraction of sp³-hybridized carbons (Fsp3) is 0.714. The van der Waals surface area contributed by atoms with Gasteiger partial charge in [0, 0.05) is 12.9 Å². The van der Waals surface area contributed by atoms with Gasteiger partial charge in [-0.05, 0) is 26.3 Å². The van der Waals surface area contributed by atoms with Crippen LogP contribution in [0.3, 0.4) is 0 Å². The first-order valence-electron chi connectivity index (χ1n) is 7.16. The van der Waals surface area contributed by atoms with E-state index in [-0.39, 0.29) is 0 Å². The highest BCUT2D eigenvalue weighted by Gasteiger charge is 2.45. The van der Waals surface area contributed by atoms with Crippen molar-refractivity contribution in [2.24, 2.45) is 0 Å². The van der Waals surface area contributed by atoms with Crippen molar-refractivity contribution in [3.63, 3.8) is 0 Å². The molecule has 0 aliphatic heterocycles. The second-order valence-electron chi connectivity index (χ2n) is 7.50. The van der Waals surface area contributed by atoms with Gasteiger partial charge in [-0.1, -0.05) is 56.5 Å². The molecule has 21 heavy (non-hydrogen) atoms. The second-order valence-corrected chi connectivity index (χ2v) is 20.8. The van der Waals surface area contributed by atoms with Gasteiger partial charge >= 0.3 is 0 Å². The molecule has 1 atom stereocenters. The summed E-state index contributed by atoms with van der Waals surface area (Å²) in [4.78, 5) is 0. The van der Waals surface area contributed by atoms with Crippen LogP contribution in [-0.2, 0) is 9.09 Å². The van der Waals surface area contributed by atoms with Crippen LogP contribution in [0.2, 0.25) is 39.3 Å². The lowest BCUT2D eigenvalue weighted by atomic mass is 10.2. The summed E-state index contributed by atoms with van der Waals surface area (Å²) in [5, 5.41) is 0.529. The molecule has 0 aliphatic carbocycles. The fourth-order valence-corrected chi connectivity index (χ4v) is 19.5. The summed E-state index contributed by atoms with van der Waals surface area (Å²) in [5.74, 6) is 1.65. The van der Waals surface area contributed by atoms with Crippen molar-refractivity contribution in [3.05, 3.63) is 22.0 Å². The molecule has 0 aromatic heterocycles. The first-order chi connectivity index (χ1) is 9.16. The number of rotatable bonds is 6. The van der Waals surface area contributed by atoms with Crippen LogP contribution in [0, 0.1) is 0 Å². The molecule has 0 aromatic carbocycles. The molecular weight excluding hydrogens is 337 g/mol. The number of halogens is 1. The minimum absolute atomic E-state index is 0.529. The maximum absolute atomic E-state index is 13.5. The highest BCUT2D eigenvalue weighted by Crippen LogP contribution is 2.58. The molecule has 0 aliphatic rings. The minimum Gasteiger partial charge on any atom is -0.319 e. The van der Waals surface area contributed by atoms with E-state index in [0.29, 0.717) is 5.03 Å². The molecule has 1 unspecified atom stereocenters. The molecule has 3 nitrogen and oxygen atoms in total. The number of nitrogens with zero attached hydrogens (tertiary/aromatic N) is 1. The summed E-state index contributed by atoms with van der Waals surface area (Å²) >= 11 is 6.39. The van der Waals surface area contributed by atoms with Gasteiger partial charge in [-0.15, -0.1) is 0 Å². The van der Waals surface area contributed by atoms with Gasteiger partial charge in [0.15, 0.2) is 0 Å². The Morgan fingerprint density at radius 1 is 1.05 bits per heavy atom. The van der Waals surface area contributed by atoms with Gasteiger partial charge < -0.3 is 4.52 Å². The van der Waals surface area contributed by atoms with Crippen LogP contribution >= 0.6 is 19.1 Å². The SMILES string of the molecule is COP(=O)(/C=C(/Cl)C(C)=C(C)C)N([Si](C)(C)C)[Si](C)(C)C. The summed E-state index contributed by atoms with van der Waals surface area (Å²) in [7, 11) is -5.19. The van der Waals surface area contributed by atoms with Crippen LogP contribution in [0.1, 0.15) is 20.8 Å². The molecule has 0 amide bonds. The summed E-state index contributed by atoms with van der Waals surface area (Å²) in [5.41, 5.74) is 2.08. The van der Waals surface area contributed by atoms with E-state index in [2.05, 4.69) is 43.3 Å². The zero-order valence-corrected chi connectivity index (χ0v) is 18.8. The summed E-state index contributed by atoms with van der Waals surface area (Å²) in [6, 6.07) is 0. The second kappa shape index (κ2) is 7.28. The first-order valence-corrected chi connectivity index (χ1v) is 16.1. The monoisotopic (exact) mass is 367 g/mol. The fourth-order valence-electron chi connectivity index (χ4n) is 2.51. The van der Waals surface area contributed by atoms with Crippen molar-refractivity contribution in [1.29, 1.82) is 0 Å². The summed E-state index contributed by atoms with van der Waals surface area (Å²) in [6.07, 6.45) is 0. The Morgan fingerprint density at radius 3 is 1.67 bits per heavy atom. The highest BCUT2D eigenvalue weighted by molar-refractivity contribution is 7.64. The molecule has 0 radical (unpaired) electrons. The maximum Gasteiger partial charge on any atom is 0.283 e. The van der Waals surface area contributed by atoms with E-state index in [9.17, 15) is 4.57 Å². The van der Waals surface area contributed by atoms with E-state index in [4.69, 9.17) is 16.1 Å². The van der Waals surface area contributed by atoms with E-state index in [0.717, 1.165) is 11.1 Å². The lowest BCUT2D eigenvalue weighted by molar-refractivity contribution is 0.382. The van der Waals surface area contributed by atoms with E-state index < -0.39 is 24.0 Å². The number of allylic oxidation sites excluding steroid dienone is 3. The van der Waals surface area contributed by atoms with Gasteiger partial charge in [-0.25, -0.2) is 0 Å². The third-order valence-corrected chi connectivity index (χ3v) is 17.2. The Labute approximate surface area is 138 Å². The smallest absolute Gasteiger partial charge is 0.283 e. The minimum atomic E-state index is -3.07. The molecule has 0 aromatic rings. The summed E-state index contributed by atoms with van der Waals surface area (Å²) < 4.78 is 21.2. The highest BCUT2D eigenvalue weighted by atomic mass is 35.5. The van der Waals surface area contributed by atoms with Crippen LogP contribution < -0.4 is 0 Å². The average Bonchev–Trinajstić information content (AvgIpc) is 2.23. The van der Waals surface area contributed by atoms with Gasteiger partial charge in [0.05, 0.1) is 5.03 Å². The van der Waals surface area contributed by atoms with Gasteiger partial charge in [-0.2, -0.15) is 0 Å². The maximum atomic E-state index is 13.5. The van der Waals surface area contributed by atoms with E-state index >= 15 is 0 Å². The Kier molecular flexibility index (Phi) is 7.41. The lowest BCUT2D eigenvalue weighted by Gasteiger charge is -2.45. The quantitative estimate of drug-likeness (QED) is 0.316. The van der Waals surface area contributed by atoms with E-state index in [1.54, 1.807) is 5.82 Å². The standard InChI is InChI=1S/C14H31ClNO2PSi2/c1-12(2)13(3)14(15)11-19(17,18-4)16(20(5,6)7)21(8,9)10/h11H,1-10H3/b14-11+. The largest absolute Gasteiger partial charge is 0.319 e. The lowest BCUT2D eigenvalue weighted by Crippen LogP contribution is -2.56. The Morgan fingerprint density at radius 2 is 1.43 bits per heavy atom. The van der Waals surface area contributed by atoms with Crippen molar-refractivity contribution in [1.82, 2.24) is 4.00 Å². The van der Waals surface area contributed by atoms with Gasteiger partial charge in [0.25, 0.3) is 7.52 Å². The normalized spacial score (nSPS) is 16.9. The van der Waals surface area contributed by atoms with Gasteiger partial charge in [-0.3, -0.25) is 8.57 Å². The zero-order valence-electron chi connectivity index (χ0n) is 15.2. The van der Waals surface area contributed by atoms with Gasteiger partial charge in [0.1, 0.15) is 16.5 Å². The van der Waals surface area contributed by atoms with Crippen molar-refractivity contribution in [2.75, 3.05) is 7.11 Å². The predicted molar refractivity (Wildman–Crippen MR) is 101 cm³/mol. The Bertz CT molecular complexity index is 472. The van der Waals surface area contributed by atoms with Gasteiger partial charge in [0.2, 0.25) is 0 Å². The molecule has 0 saturated heterocycles. The first kappa shape index (κ1) is 21.4. The Balaban J connectivity index is 6.12. The Hall–Kier alpha value is 0.354. The van der Waals surface area contributed by atoms with Crippen molar-refractivity contribution in [3.8, 4) is 0 Å². The van der Waals surface area contributed by atoms with E-state index in [1.807, 2.05) is 20.8 Å². The molecule has 0 fully saturated rings. The molecule has 124 valence electrons. The number of hydrogen-bond donors (Lipinski definition) is 0. The van der Waals surface area contributed by atoms with Crippen molar-refractivity contribution < 1.29 is 9.09 Å². The third kappa shape index (κ3) is 5.81. The molecule has 0 bridgehead atoms. The molecular formula is C14H31ClNO2PSi2. The molecule has 0 rings (SSSR count). The molecule has 7 heteroatoms. The molecule has 0 saturated carbocycles. The molecule has 0 heterocycles. The van der Waals surface area contributed by atoms with Crippen LogP contribution in [0.25, 0.3) is 0 Å². The van der Waals surface area contributed by atoms with Crippen LogP contribution in [-0.4, -0.2) is 27.6 Å². The average molecular weight is 368 g/mol. The van der Waals surface area contributed by atoms with Crippen LogP contribution in [0.15, 0.2) is 22.0 Å².